The lowest BCUT2D eigenvalue weighted by atomic mass is 10.0. The van der Waals surface area contributed by atoms with E-state index < -0.39 is 5.97 Å². The van der Waals surface area contributed by atoms with Crippen molar-refractivity contribution in [1.29, 1.82) is 0 Å². The molecule has 0 saturated carbocycles. The first-order valence-electron chi connectivity index (χ1n) is 6.24. The number of hydrogen-bond acceptors (Lipinski definition) is 5. The van der Waals surface area contributed by atoms with Crippen molar-refractivity contribution in [3.8, 4) is 5.75 Å². The zero-order valence-electron chi connectivity index (χ0n) is 10.9. The van der Waals surface area contributed by atoms with E-state index in [0.717, 1.165) is 10.3 Å². The molecule has 0 aliphatic carbocycles. The minimum Gasteiger partial charge on any atom is -0.618 e. The summed E-state index contributed by atoms with van der Waals surface area (Å²) in [5.41, 5.74) is 0.724. The van der Waals surface area contributed by atoms with Gasteiger partial charge < -0.3 is 15.6 Å². The Morgan fingerprint density at radius 3 is 3.00 bits per heavy atom. The molecule has 1 aromatic rings. The zero-order valence-corrected chi connectivity index (χ0v) is 13.1. The topological polar surface area (TPSA) is 93.9 Å². The number of nitrogens with zero attached hydrogens (tertiary/aromatic N) is 1. The van der Waals surface area contributed by atoms with Gasteiger partial charge in [-0.15, -0.1) is 0 Å². The summed E-state index contributed by atoms with van der Waals surface area (Å²) in [4.78, 5) is 20.9. The monoisotopic (exact) mass is 402 g/mol. The Hall–Kier alpha value is -1.81. The van der Waals surface area contributed by atoms with Gasteiger partial charge in [0.1, 0.15) is 0 Å². The number of likely N-dealkylation sites (N-methyl/N-ethyl adjacent to an activating group) is 1. The molecule has 2 aliphatic rings. The van der Waals surface area contributed by atoms with Gasteiger partial charge in [0.2, 0.25) is 5.36 Å². The number of carbonyl (C=O) groups is 1. The van der Waals surface area contributed by atoms with E-state index in [1.807, 2.05) is 29.5 Å². The maximum Gasteiger partial charge on any atom is 0.377 e. The Labute approximate surface area is 132 Å². The lowest BCUT2D eigenvalue weighted by Crippen LogP contribution is -2.37. The van der Waals surface area contributed by atoms with Crippen LogP contribution in [0.15, 0.2) is 18.3 Å². The molecule has 0 fully saturated rings. The van der Waals surface area contributed by atoms with E-state index in [0.29, 0.717) is 20.7 Å². The Morgan fingerprint density at radius 2 is 2.33 bits per heavy atom. The molecule has 0 spiro atoms. The predicted octanol–water partition coefficient (Wildman–Crippen LogP) is -0.0252. The highest BCUT2D eigenvalue weighted by Gasteiger charge is 2.31. The summed E-state index contributed by atoms with van der Waals surface area (Å²) >= 11 is 2.02. The van der Waals surface area contributed by atoms with Crippen molar-refractivity contribution in [2.24, 2.45) is 0 Å². The predicted molar refractivity (Wildman–Crippen MR) is 81.3 cm³/mol. The van der Waals surface area contributed by atoms with Gasteiger partial charge in [0, 0.05) is 9.65 Å². The van der Waals surface area contributed by atoms with Crippen molar-refractivity contribution >= 4 is 34.3 Å². The highest BCUT2D eigenvalue weighted by Crippen LogP contribution is 2.23. The van der Waals surface area contributed by atoms with Gasteiger partial charge >= 0.3 is 5.97 Å². The summed E-state index contributed by atoms with van der Waals surface area (Å²) in [6.07, 6.45) is 3.17. The fourth-order valence-electron chi connectivity index (χ4n) is 2.39. The number of carboxylic acid groups (broad SMARTS) is 1. The molecule has 0 bridgehead atoms. The van der Waals surface area contributed by atoms with Gasteiger partial charge in [-0.1, -0.05) is 6.92 Å². The van der Waals surface area contributed by atoms with E-state index in [1.54, 1.807) is 6.08 Å². The van der Waals surface area contributed by atoms with Crippen LogP contribution in [-0.4, -0.2) is 17.6 Å². The van der Waals surface area contributed by atoms with Crippen LogP contribution in [0.2, 0.25) is 0 Å². The van der Waals surface area contributed by atoms with E-state index in [2.05, 4.69) is 5.32 Å². The third-order valence-corrected chi connectivity index (χ3v) is 4.39. The molecule has 8 heteroatoms. The molecule has 2 heterocycles. The lowest BCUT2D eigenvalue weighted by Gasteiger charge is -2.18. The molecule has 0 amide bonds. The number of rotatable bonds is 3. The van der Waals surface area contributed by atoms with Gasteiger partial charge in [-0.3, -0.25) is 9.78 Å². The smallest absolute Gasteiger partial charge is 0.377 e. The summed E-state index contributed by atoms with van der Waals surface area (Å²) in [5.74, 6) is -1.24. The van der Waals surface area contributed by atoms with E-state index in [1.165, 1.54) is 12.3 Å². The van der Waals surface area contributed by atoms with Gasteiger partial charge in [0.15, 0.2) is 11.9 Å². The highest BCUT2D eigenvalue weighted by atomic mass is 127. The highest BCUT2D eigenvalue weighted by molar-refractivity contribution is 14.1. The van der Waals surface area contributed by atoms with Crippen molar-refractivity contribution in [2.45, 2.75) is 13.0 Å². The third kappa shape index (κ3) is 2.14. The summed E-state index contributed by atoms with van der Waals surface area (Å²) in [6.45, 7) is 2.67. The second-order valence-corrected chi connectivity index (χ2v) is 5.58. The van der Waals surface area contributed by atoms with Crippen LogP contribution in [0.1, 0.15) is 18.5 Å². The van der Waals surface area contributed by atoms with Gasteiger partial charge in [0.25, 0.3) is 5.76 Å². The van der Waals surface area contributed by atoms with Gasteiger partial charge in [0.05, 0.1) is 22.9 Å². The minimum absolute atomic E-state index is 0.164. The van der Waals surface area contributed by atoms with Crippen LogP contribution in [0, 0.1) is 8.78 Å². The second kappa shape index (κ2) is 5.19. The number of hydrogen-bond donors (Lipinski definition) is 2. The average molecular weight is 402 g/mol. The molecule has 21 heavy (non-hydrogen) atoms. The molecule has 2 N–H and O–H groups in total. The van der Waals surface area contributed by atoms with Crippen LogP contribution >= 0.6 is 22.6 Å². The SMILES string of the molecule is CCNC1C=C[N+]([O-])=c2cc3c(c(I)c21)=C(C(=O)O)OO3. The van der Waals surface area contributed by atoms with Crippen molar-refractivity contribution in [1.82, 2.24) is 10.1 Å². The number of hydroxylamine groups is 1. The third-order valence-electron chi connectivity index (χ3n) is 3.27. The van der Waals surface area contributed by atoms with Gasteiger partial charge in [-0.05, 0) is 29.1 Å². The zero-order chi connectivity index (χ0) is 15.1. The van der Waals surface area contributed by atoms with Crippen molar-refractivity contribution in [2.75, 3.05) is 6.54 Å². The van der Waals surface area contributed by atoms with Crippen LogP contribution in [-0.2, 0) is 9.68 Å². The fraction of sp³-hybridized carbons (Fsp3) is 0.231. The van der Waals surface area contributed by atoms with Crippen LogP contribution < -0.4 is 25.5 Å². The Balaban J connectivity index is 2.38. The fourth-order valence-corrected chi connectivity index (χ4v) is 3.51. The number of benzene rings is 1. The maximum atomic E-state index is 12.0. The number of aliphatic carboxylic acids is 1. The maximum absolute atomic E-state index is 12.0. The molecule has 0 saturated heterocycles. The minimum atomic E-state index is -1.21. The Bertz CT molecular complexity index is 787. The first-order chi connectivity index (χ1) is 10.0. The summed E-state index contributed by atoms with van der Waals surface area (Å²) in [5, 5.41) is 25.2. The lowest BCUT2D eigenvalue weighted by molar-refractivity contribution is -0.152. The number of fused-ring (bicyclic) bond motifs is 2. The van der Waals surface area contributed by atoms with Crippen LogP contribution in [0.3, 0.4) is 0 Å². The molecule has 1 aromatic carbocycles. The molecule has 1 atom stereocenters. The standard InChI is InChI=1S/C13H11IN2O5/c1-2-15-6-3-4-16(19)7-5-8-10(11(14)9(6)7)12(13(17)18)21-20-8/h3-6,15H,2H2,1H3,(H,17,18). The molecule has 110 valence electrons. The quantitative estimate of drug-likeness (QED) is 0.320. The van der Waals surface area contributed by atoms with Crippen molar-refractivity contribution < 1.29 is 19.7 Å². The summed E-state index contributed by atoms with van der Waals surface area (Å²) in [6, 6.07) is 1.34. The first-order valence-corrected chi connectivity index (χ1v) is 7.32. The molecule has 2 aliphatic heterocycles. The molecule has 1 unspecified atom stereocenters. The molecular weight excluding hydrogens is 391 g/mol. The van der Waals surface area contributed by atoms with Crippen molar-refractivity contribution in [3.63, 3.8) is 0 Å². The molecule has 7 nitrogen and oxygen atoms in total. The Morgan fingerprint density at radius 1 is 1.57 bits per heavy atom. The largest absolute Gasteiger partial charge is 0.618 e. The average Bonchev–Trinajstić information content (AvgIpc) is 2.87. The van der Waals surface area contributed by atoms with Gasteiger partial charge in [-0.25, -0.2) is 4.79 Å². The van der Waals surface area contributed by atoms with E-state index in [4.69, 9.17) is 14.9 Å². The molecule has 3 rings (SSSR count). The van der Waals surface area contributed by atoms with Gasteiger partial charge in [-0.2, -0.15) is 4.74 Å². The Kier molecular flexibility index (Phi) is 3.49. The summed E-state index contributed by atoms with van der Waals surface area (Å²) in [7, 11) is 0. The molecule has 0 aromatic heterocycles. The number of carboxylic acids is 1. The second-order valence-electron chi connectivity index (χ2n) is 4.50. The number of halogens is 1. The summed E-state index contributed by atoms with van der Waals surface area (Å²) < 4.78 is 1.36. The normalized spacial score (nSPS) is 18.9. The van der Waals surface area contributed by atoms with Crippen LogP contribution in [0.25, 0.3) is 5.76 Å². The van der Waals surface area contributed by atoms with Crippen LogP contribution in [0.4, 0.5) is 0 Å². The first kappa shape index (κ1) is 14.1. The molecular formula is C13H11IN2O5. The van der Waals surface area contributed by atoms with E-state index in [9.17, 15) is 10.0 Å². The van der Waals surface area contributed by atoms with E-state index in [-0.39, 0.29) is 17.6 Å². The van der Waals surface area contributed by atoms with E-state index >= 15 is 0 Å². The van der Waals surface area contributed by atoms with Crippen molar-refractivity contribution in [3.05, 3.63) is 43.3 Å². The number of nitrogens with one attached hydrogen (secondary N) is 1. The van der Waals surface area contributed by atoms with Crippen LogP contribution in [0.5, 0.6) is 5.75 Å². The molecule has 0 radical (unpaired) electrons.